The molecule has 0 amide bonds. The van der Waals surface area contributed by atoms with Crippen LogP contribution in [-0.2, 0) is 20.2 Å². The Labute approximate surface area is 140 Å². The van der Waals surface area contributed by atoms with Crippen molar-refractivity contribution in [2.75, 3.05) is 23.0 Å². The summed E-state index contributed by atoms with van der Waals surface area (Å²) >= 11 is 0. The summed E-state index contributed by atoms with van der Waals surface area (Å²) < 4.78 is 59.1. The van der Waals surface area contributed by atoms with Crippen molar-refractivity contribution >= 4 is 41.8 Å². The SMILES string of the molecule is O=S(=O)([O-])CCSSCCS(=O)(=O)O.[K+]. The summed E-state index contributed by atoms with van der Waals surface area (Å²) in [6.07, 6.45) is 0. The Morgan fingerprint density at radius 1 is 1.00 bits per heavy atom. The minimum Gasteiger partial charge on any atom is -0.748 e. The fourth-order valence-corrected chi connectivity index (χ4v) is 4.76. The summed E-state index contributed by atoms with van der Waals surface area (Å²) in [5.41, 5.74) is 0. The van der Waals surface area contributed by atoms with Gasteiger partial charge in [-0.3, -0.25) is 4.55 Å². The summed E-state index contributed by atoms with van der Waals surface area (Å²) in [4.78, 5) is 0. The van der Waals surface area contributed by atoms with Gasteiger partial charge in [0, 0.05) is 17.3 Å². The molecular weight excluding hydrogens is 311 g/mol. The average molecular weight is 320 g/mol. The Morgan fingerprint density at radius 2 is 1.40 bits per heavy atom. The van der Waals surface area contributed by atoms with Crippen molar-refractivity contribution in [3.05, 3.63) is 0 Å². The average Bonchev–Trinajstić information content (AvgIpc) is 1.92. The molecule has 0 unspecified atom stereocenters. The molecule has 0 aromatic heterocycles. The molecule has 0 bridgehead atoms. The Morgan fingerprint density at radius 3 is 1.73 bits per heavy atom. The quantitative estimate of drug-likeness (QED) is 0.226. The molecule has 86 valence electrons. The molecule has 6 nitrogen and oxygen atoms in total. The van der Waals surface area contributed by atoms with Gasteiger partial charge >= 0.3 is 51.4 Å². The van der Waals surface area contributed by atoms with Crippen LogP contribution in [0.2, 0.25) is 0 Å². The van der Waals surface area contributed by atoms with Gasteiger partial charge in [0.25, 0.3) is 10.1 Å². The van der Waals surface area contributed by atoms with Gasteiger partial charge in [0.15, 0.2) is 0 Å². The van der Waals surface area contributed by atoms with Crippen molar-refractivity contribution in [2.24, 2.45) is 0 Å². The molecule has 0 rings (SSSR count). The molecule has 0 aliphatic heterocycles. The third-order valence-electron chi connectivity index (χ3n) is 0.925. The van der Waals surface area contributed by atoms with E-state index in [0.717, 1.165) is 21.6 Å². The summed E-state index contributed by atoms with van der Waals surface area (Å²) in [6, 6.07) is 0. The molecule has 0 saturated carbocycles. The molecule has 15 heavy (non-hydrogen) atoms. The summed E-state index contributed by atoms with van der Waals surface area (Å²) in [5.74, 6) is -0.588. The molecule has 0 atom stereocenters. The maximum Gasteiger partial charge on any atom is 1.00 e. The second kappa shape index (κ2) is 9.14. The van der Waals surface area contributed by atoms with Gasteiger partial charge in [0.2, 0.25) is 0 Å². The summed E-state index contributed by atoms with van der Waals surface area (Å²) in [6.45, 7) is 0. The Balaban J connectivity index is 0. The van der Waals surface area contributed by atoms with Crippen LogP contribution >= 0.6 is 21.6 Å². The zero-order chi connectivity index (χ0) is 11.2. The van der Waals surface area contributed by atoms with Crippen molar-refractivity contribution in [2.45, 2.75) is 0 Å². The predicted molar refractivity (Wildman–Crippen MR) is 55.9 cm³/mol. The molecule has 11 heteroatoms. The van der Waals surface area contributed by atoms with Gasteiger partial charge in [-0.05, 0) is 0 Å². The fourth-order valence-electron chi connectivity index (χ4n) is 0.393. The first-order chi connectivity index (χ1) is 6.21. The first kappa shape index (κ1) is 19.5. The predicted octanol–water partition coefficient (Wildman–Crippen LogP) is -3.20. The van der Waals surface area contributed by atoms with Crippen LogP contribution in [0.25, 0.3) is 0 Å². The van der Waals surface area contributed by atoms with Crippen LogP contribution in [0.15, 0.2) is 0 Å². The van der Waals surface area contributed by atoms with E-state index in [1.54, 1.807) is 0 Å². The molecule has 0 aromatic rings. The van der Waals surface area contributed by atoms with E-state index >= 15 is 0 Å². The number of hydrogen-bond acceptors (Lipinski definition) is 7. The van der Waals surface area contributed by atoms with Crippen LogP contribution in [-0.4, -0.2) is 49.0 Å². The first-order valence-corrected chi connectivity index (χ1v) is 9.01. The largest absolute Gasteiger partial charge is 1.00 e. The molecule has 0 fully saturated rings. The van der Waals surface area contributed by atoms with Crippen LogP contribution in [0, 0.1) is 0 Å². The van der Waals surface area contributed by atoms with E-state index in [-0.39, 0.29) is 68.6 Å². The first-order valence-electron chi connectivity index (χ1n) is 3.34. The van der Waals surface area contributed by atoms with Gasteiger partial charge in [-0.1, -0.05) is 21.6 Å². The van der Waals surface area contributed by atoms with Crippen LogP contribution in [0.4, 0.5) is 0 Å². The van der Waals surface area contributed by atoms with E-state index in [9.17, 15) is 21.4 Å². The third kappa shape index (κ3) is 18.7. The van der Waals surface area contributed by atoms with Gasteiger partial charge in [0.1, 0.15) is 0 Å². The van der Waals surface area contributed by atoms with Crippen molar-refractivity contribution in [3.8, 4) is 0 Å². The molecule has 0 heterocycles. The number of rotatable bonds is 7. The molecular formula is C4H9KO6S4. The maximum absolute atomic E-state index is 10.2. The summed E-state index contributed by atoms with van der Waals surface area (Å²) in [5, 5.41) is 0. The molecule has 0 radical (unpaired) electrons. The van der Waals surface area contributed by atoms with Crippen molar-refractivity contribution in [1.82, 2.24) is 0 Å². The van der Waals surface area contributed by atoms with Crippen LogP contribution in [0.5, 0.6) is 0 Å². The minimum absolute atomic E-state index is 0. The van der Waals surface area contributed by atoms with Gasteiger partial charge in [0.05, 0.1) is 15.9 Å². The van der Waals surface area contributed by atoms with E-state index in [0.29, 0.717) is 0 Å². The second-order valence-corrected chi connectivity index (χ2v) is 7.99. The van der Waals surface area contributed by atoms with Gasteiger partial charge in [-0.25, -0.2) is 8.42 Å². The molecule has 0 aromatic carbocycles. The number of hydrogen-bond donors (Lipinski definition) is 1. The van der Waals surface area contributed by atoms with E-state index < -0.39 is 26.0 Å². The van der Waals surface area contributed by atoms with Crippen molar-refractivity contribution in [1.29, 1.82) is 0 Å². The normalized spacial score (nSPS) is 12.1. The van der Waals surface area contributed by atoms with E-state index in [1.807, 2.05) is 0 Å². The maximum atomic E-state index is 10.2. The van der Waals surface area contributed by atoms with Gasteiger partial charge in [-0.15, -0.1) is 0 Å². The minimum atomic E-state index is -4.19. The second-order valence-electron chi connectivity index (χ2n) is 2.19. The summed E-state index contributed by atoms with van der Waals surface area (Å²) in [7, 11) is -5.97. The monoisotopic (exact) mass is 320 g/mol. The molecule has 0 aliphatic rings. The zero-order valence-corrected chi connectivity index (χ0v) is 14.3. The van der Waals surface area contributed by atoms with Crippen LogP contribution in [0.3, 0.4) is 0 Å². The topological polar surface area (TPSA) is 112 Å². The van der Waals surface area contributed by atoms with E-state index in [4.69, 9.17) is 4.55 Å². The van der Waals surface area contributed by atoms with Crippen LogP contribution < -0.4 is 51.4 Å². The standard InChI is InChI=1S/C4H10O6S4.K/c5-13(6,7)3-1-11-12-2-4-14(8,9)10;/h1-4H2,(H,5,6,7)(H,8,9,10);/q;+1/p-1. The fraction of sp³-hybridized carbons (Fsp3) is 1.00. The zero-order valence-electron chi connectivity index (χ0n) is 7.95. The molecule has 0 saturated heterocycles. The van der Waals surface area contributed by atoms with Crippen molar-refractivity contribution < 1.29 is 77.3 Å². The van der Waals surface area contributed by atoms with Crippen LogP contribution in [0.1, 0.15) is 0 Å². The molecule has 0 spiro atoms. The Hall–Kier alpha value is 2.16. The molecule has 1 N–H and O–H groups in total. The third-order valence-corrected chi connectivity index (χ3v) is 5.27. The Bertz CT molecular complexity index is 311. The molecule has 0 aliphatic carbocycles. The van der Waals surface area contributed by atoms with Gasteiger partial charge < -0.3 is 4.55 Å². The smallest absolute Gasteiger partial charge is 0.748 e. The van der Waals surface area contributed by atoms with E-state index in [2.05, 4.69) is 0 Å². The van der Waals surface area contributed by atoms with Gasteiger partial charge in [-0.2, -0.15) is 8.42 Å². The van der Waals surface area contributed by atoms with E-state index in [1.165, 1.54) is 0 Å². The Kier molecular flexibility index (Phi) is 11.9. The van der Waals surface area contributed by atoms with Crippen molar-refractivity contribution in [3.63, 3.8) is 0 Å².